The Morgan fingerprint density at radius 2 is 2.18 bits per heavy atom. The van der Waals surface area contributed by atoms with Gasteiger partial charge in [-0.25, -0.2) is 0 Å². The average molecular weight is 314 g/mol. The quantitative estimate of drug-likeness (QED) is 0.579. The second-order valence-electron chi connectivity index (χ2n) is 5.19. The highest BCUT2D eigenvalue weighted by Crippen LogP contribution is 2.29. The molecule has 22 heavy (non-hydrogen) atoms. The van der Waals surface area contributed by atoms with Crippen molar-refractivity contribution in [3.63, 3.8) is 0 Å². The number of Topliss-reactive ketones (excluding diaryl/α,β-unsaturated/α-hetero) is 1. The van der Waals surface area contributed by atoms with E-state index in [0.29, 0.717) is 0 Å². The second kappa shape index (κ2) is 5.96. The summed E-state index contributed by atoms with van der Waals surface area (Å²) in [5, 5.41) is 9.55. The normalized spacial score (nSPS) is 12.7. The van der Waals surface area contributed by atoms with Crippen LogP contribution in [0.1, 0.15) is 29.9 Å². The van der Waals surface area contributed by atoms with Crippen molar-refractivity contribution in [3.8, 4) is 0 Å². The Kier molecular flexibility index (Phi) is 4.02. The molecule has 0 saturated heterocycles. The number of fused-ring (bicyclic) bond motifs is 1. The molecule has 0 spiro atoms. The summed E-state index contributed by atoms with van der Waals surface area (Å²) in [6.45, 7) is 6.69. The molecule has 6 heteroatoms. The molecule has 1 aromatic carbocycles. The summed E-state index contributed by atoms with van der Waals surface area (Å²) in [6, 6.07) is 7.90. The first-order valence-electron chi connectivity index (χ1n) is 7.27. The van der Waals surface area contributed by atoms with E-state index in [1.54, 1.807) is 6.33 Å². The van der Waals surface area contributed by atoms with Crippen LogP contribution >= 0.6 is 11.8 Å². The maximum absolute atomic E-state index is 12.9. The minimum Gasteiger partial charge on any atom is -0.358 e. The van der Waals surface area contributed by atoms with Crippen LogP contribution in [0.5, 0.6) is 0 Å². The summed E-state index contributed by atoms with van der Waals surface area (Å²) in [6.07, 6.45) is 1.69. The summed E-state index contributed by atoms with van der Waals surface area (Å²) >= 11 is 1.45. The summed E-state index contributed by atoms with van der Waals surface area (Å²) in [4.78, 5) is 16.1. The third kappa shape index (κ3) is 2.54. The molecule has 0 aliphatic carbocycles. The molecule has 0 bridgehead atoms. The fourth-order valence-corrected chi connectivity index (χ4v) is 3.51. The van der Waals surface area contributed by atoms with Crippen molar-refractivity contribution in [2.75, 3.05) is 0 Å². The van der Waals surface area contributed by atoms with Crippen molar-refractivity contribution in [2.24, 2.45) is 0 Å². The lowest BCUT2D eigenvalue weighted by atomic mass is 10.1. The van der Waals surface area contributed by atoms with Gasteiger partial charge >= 0.3 is 0 Å². The number of hydrogen-bond donors (Lipinski definition) is 1. The number of para-hydroxylation sites is 1. The maximum Gasteiger partial charge on any atom is 0.191 e. The lowest BCUT2D eigenvalue weighted by Crippen LogP contribution is -2.15. The number of benzene rings is 1. The zero-order valence-electron chi connectivity index (χ0n) is 12.8. The van der Waals surface area contributed by atoms with Gasteiger partial charge in [-0.15, -0.1) is 10.2 Å². The average Bonchev–Trinajstić information content (AvgIpc) is 3.09. The number of carbonyl (C=O) groups is 1. The topological polar surface area (TPSA) is 63.6 Å². The molecular formula is C16H18N4OS. The van der Waals surface area contributed by atoms with E-state index in [9.17, 15) is 4.79 Å². The number of thioether (sulfide) groups is 1. The molecule has 0 fully saturated rings. The molecular weight excluding hydrogens is 296 g/mol. The number of carbonyl (C=O) groups excluding carboxylic acids is 1. The minimum atomic E-state index is -0.215. The number of nitrogens with one attached hydrogen (secondary N) is 1. The Balaban J connectivity index is 1.90. The number of aromatic amines is 1. The Bertz CT molecular complexity index is 821. The highest BCUT2D eigenvalue weighted by atomic mass is 32.2. The number of aromatic nitrogens is 4. The number of aryl methyl sites for hydroxylation is 2. The van der Waals surface area contributed by atoms with Crippen LogP contribution in [0.25, 0.3) is 10.9 Å². The molecule has 0 aliphatic rings. The van der Waals surface area contributed by atoms with Crippen LogP contribution in [-0.2, 0) is 6.54 Å². The molecule has 0 radical (unpaired) electrons. The summed E-state index contributed by atoms with van der Waals surface area (Å²) in [7, 11) is 0. The molecule has 5 nitrogen and oxygen atoms in total. The molecule has 1 atom stereocenters. The van der Waals surface area contributed by atoms with Crippen LogP contribution in [-0.4, -0.2) is 30.8 Å². The molecule has 0 saturated carbocycles. The van der Waals surface area contributed by atoms with E-state index >= 15 is 0 Å². The van der Waals surface area contributed by atoms with Crippen LogP contribution in [0.2, 0.25) is 0 Å². The Morgan fingerprint density at radius 1 is 1.41 bits per heavy atom. The summed E-state index contributed by atoms with van der Waals surface area (Å²) < 4.78 is 1.94. The van der Waals surface area contributed by atoms with E-state index in [1.165, 1.54) is 11.8 Å². The van der Waals surface area contributed by atoms with Crippen molar-refractivity contribution in [1.82, 2.24) is 19.7 Å². The van der Waals surface area contributed by atoms with E-state index < -0.39 is 0 Å². The lowest BCUT2D eigenvalue weighted by molar-refractivity contribution is 0.0995. The first kappa shape index (κ1) is 14.8. The zero-order chi connectivity index (χ0) is 15.7. The predicted molar refractivity (Wildman–Crippen MR) is 88.4 cm³/mol. The van der Waals surface area contributed by atoms with Crippen molar-refractivity contribution in [2.45, 2.75) is 37.7 Å². The van der Waals surface area contributed by atoms with Crippen molar-refractivity contribution in [1.29, 1.82) is 0 Å². The number of ketones is 1. The molecule has 2 heterocycles. The van der Waals surface area contributed by atoms with E-state index in [0.717, 1.165) is 33.9 Å². The van der Waals surface area contributed by atoms with Gasteiger partial charge in [0.1, 0.15) is 6.33 Å². The Hall–Kier alpha value is -2.08. The Morgan fingerprint density at radius 3 is 2.95 bits per heavy atom. The summed E-state index contributed by atoms with van der Waals surface area (Å²) in [5.74, 6) is 0.116. The van der Waals surface area contributed by atoms with Gasteiger partial charge in [0.2, 0.25) is 0 Å². The smallest absolute Gasteiger partial charge is 0.191 e. The Labute approximate surface area is 133 Å². The summed E-state index contributed by atoms with van der Waals surface area (Å²) in [5.41, 5.74) is 2.69. The van der Waals surface area contributed by atoms with Crippen molar-refractivity contribution < 1.29 is 4.79 Å². The van der Waals surface area contributed by atoms with E-state index in [2.05, 4.69) is 15.2 Å². The van der Waals surface area contributed by atoms with Crippen molar-refractivity contribution in [3.05, 3.63) is 41.9 Å². The number of hydrogen-bond acceptors (Lipinski definition) is 4. The molecule has 1 N–H and O–H groups in total. The standard InChI is InChI=1S/C16H18N4OS/c1-4-20-9-17-19-16(20)22-11(3)15(21)14-10(2)18-13-8-6-5-7-12(13)14/h5-9,11,18H,4H2,1-3H3/t11-/m0/s1. The van der Waals surface area contributed by atoms with Gasteiger partial charge in [-0.05, 0) is 26.8 Å². The molecule has 114 valence electrons. The van der Waals surface area contributed by atoms with Gasteiger partial charge in [-0.3, -0.25) is 4.79 Å². The third-order valence-electron chi connectivity index (χ3n) is 3.71. The van der Waals surface area contributed by atoms with Crippen LogP contribution in [0.4, 0.5) is 0 Å². The first-order valence-corrected chi connectivity index (χ1v) is 8.15. The van der Waals surface area contributed by atoms with Crippen LogP contribution in [0, 0.1) is 6.92 Å². The number of H-pyrrole nitrogens is 1. The molecule has 0 amide bonds. The van der Waals surface area contributed by atoms with E-state index in [-0.39, 0.29) is 11.0 Å². The highest BCUT2D eigenvalue weighted by Gasteiger charge is 2.23. The van der Waals surface area contributed by atoms with Crippen LogP contribution in [0.15, 0.2) is 35.7 Å². The van der Waals surface area contributed by atoms with Gasteiger partial charge in [0.25, 0.3) is 0 Å². The fourth-order valence-electron chi connectivity index (χ4n) is 2.56. The monoisotopic (exact) mass is 314 g/mol. The van der Waals surface area contributed by atoms with Crippen LogP contribution in [0.3, 0.4) is 0 Å². The largest absolute Gasteiger partial charge is 0.358 e. The zero-order valence-corrected chi connectivity index (χ0v) is 13.6. The molecule has 2 aromatic heterocycles. The molecule has 0 aliphatic heterocycles. The third-order valence-corrected chi connectivity index (χ3v) is 4.81. The molecule has 0 unspecified atom stereocenters. The molecule has 3 aromatic rings. The maximum atomic E-state index is 12.9. The lowest BCUT2D eigenvalue weighted by Gasteiger charge is -2.10. The first-order chi connectivity index (χ1) is 10.6. The van der Waals surface area contributed by atoms with Crippen LogP contribution < -0.4 is 0 Å². The second-order valence-corrected chi connectivity index (χ2v) is 6.50. The van der Waals surface area contributed by atoms with Gasteiger partial charge in [0, 0.05) is 28.7 Å². The van der Waals surface area contributed by atoms with E-state index in [4.69, 9.17) is 0 Å². The number of nitrogens with zero attached hydrogens (tertiary/aromatic N) is 3. The predicted octanol–water partition coefficient (Wildman–Crippen LogP) is 3.45. The van der Waals surface area contributed by atoms with Gasteiger partial charge in [0.05, 0.1) is 5.25 Å². The van der Waals surface area contributed by atoms with Gasteiger partial charge < -0.3 is 9.55 Å². The van der Waals surface area contributed by atoms with Gasteiger partial charge in [-0.2, -0.15) is 0 Å². The van der Waals surface area contributed by atoms with Crippen molar-refractivity contribution >= 4 is 28.4 Å². The minimum absolute atomic E-state index is 0.116. The molecule has 3 rings (SSSR count). The number of rotatable bonds is 5. The van der Waals surface area contributed by atoms with E-state index in [1.807, 2.05) is 49.6 Å². The SMILES string of the molecule is CCn1cnnc1S[C@@H](C)C(=O)c1c(C)[nH]c2ccccc12. The highest BCUT2D eigenvalue weighted by molar-refractivity contribution is 8.00. The van der Waals surface area contributed by atoms with Gasteiger partial charge in [0.15, 0.2) is 10.9 Å². The fraction of sp³-hybridized carbons (Fsp3) is 0.312. The van der Waals surface area contributed by atoms with Gasteiger partial charge in [-0.1, -0.05) is 30.0 Å².